The monoisotopic (exact) mass is 295 g/mol. The van der Waals surface area contributed by atoms with Gasteiger partial charge in [-0.15, -0.1) is 5.11 Å². The van der Waals surface area contributed by atoms with Crippen LogP contribution in [0.25, 0.3) is 11.3 Å². The van der Waals surface area contributed by atoms with Gasteiger partial charge in [-0.25, -0.2) is 0 Å². The summed E-state index contributed by atoms with van der Waals surface area (Å²) in [5.74, 6) is 0. The maximum absolute atomic E-state index is 5.35. The van der Waals surface area contributed by atoms with E-state index in [1.807, 2.05) is 66.9 Å². The lowest BCUT2D eigenvalue weighted by Crippen LogP contribution is -1.76. The summed E-state index contributed by atoms with van der Waals surface area (Å²) in [4.78, 5) is 0. The summed E-state index contributed by atoms with van der Waals surface area (Å²) in [6, 6.07) is 19.4. The average Bonchev–Trinajstić information content (AvgIpc) is 2.97. The molecule has 21 heavy (non-hydrogen) atoms. The lowest BCUT2D eigenvalue weighted by atomic mass is 10.1. The quantitative estimate of drug-likeness (QED) is 0.473. The average molecular weight is 295 g/mol. The van der Waals surface area contributed by atoms with E-state index in [2.05, 4.69) is 15.4 Å². The van der Waals surface area contributed by atoms with Crippen LogP contribution >= 0.6 is 11.8 Å². The first-order valence-electron chi connectivity index (χ1n) is 6.44. The van der Waals surface area contributed by atoms with E-state index < -0.39 is 0 Å². The predicted octanol–water partition coefficient (Wildman–Crippen LogP) is 5.48. The fourth-order valence-electron chi connectivity index (χ4n) is 1.88. The zero-order chi connectivity index (χ0) is 14.5. The van der Waals surface area contributed by atoms with Crippen molar-refractivity contribution in [2.24, 2.45) is 10.2 Å². The topological polar surface area (TPSA) is 50.8 Å². The van der Waals surface area contributed by atoms with Gasteiger partial charge in [0.05, 0.1) is 5.69 Å². The van der Waals surface area contributed by atoms with Crippen molar-refractivity contribution < 1.29 is 4.52 Å². The molecule has 0 fully saturated rings. The number of rotatable bonds is 4. The zero-order valence-electron chi connectivity index (χ0n) is 11.4. The largest absolute Gasteiger partial charge is 0.347 e. The maximum Gasteiger partial charge on any atom is 0.221 e. The molecule has 104 valence electrons. The standard InChI is InChI=1S/C16H13N3OS/c1-21-16-15(18-17-13-10-6-3-7-11-13)14(19-20-16)12-8-4-2-5-9-12/h2-11H,1H3. The van der Waals surface area contributed by atoms with Crippen molar-refractivity contribution in [2.45, 2.75) is 5.09 Å². The van der Waals surface area contributed by atoms with Gasteiger partial charge in [-0.3, -0.25) is 0 Å². The molecule has 3 aromatic rings. The van der Waals surface area contributed by atoms with Crippen LogP contribution in [0.2, 0.25) is 0 Å². The molecule has 0 aliphatic rings. The summed E-state index contributed by atoms with van der Waals surface area (Å²) in [5.41, 5.74) is 3.13. The number of azo groups is 1. The van der Waals surface area contributed by atoms with Gasteiger partial charge in [0.25, 0.3) is 0 Å². The molecular formula is C16H13N3OS. The molecule has 0 aliphatic carbocycles. The summed E-state index contributed by atoms with van der Waals surface area (Å²) < 4.78 is 5.35. The molecule has 0 radical (unpaired) electrons. The SMILES string of the molecule is CSc1onc(-c2ccccc2)c1N=Nc1ccccc1. The van der Waals surface area contributed by atoms with Crippen LogP contribution in [0.3, 0.4) is 0 Å². The van der Waals surface area contributed by atoms with Crippen LogP contribution in [0.15, 0.2) is 80.5 Å². The second-order valence-corrected chi connectivity index (χ2v) is 5.05. The van der Waals surface area contributed by atoms with Gasteiger partial charge in [-0.05, 0) is 18.4 Å². The van der Waals surface area contributed by atoms with Crippen LogP contribution in [0.1, 0.15) is 0 Å². The van der Waals surface area contributed by atoms with Crippen LogP contribution in [-0.4, -0.2) is 11.4 Å². The third kappa shape index (κ3) is 3.03. The van der Waals surface area contributed by atoms with Crippen LogP contribution in [-0.2, 0) is 0 Å². The highest BCUT2D eigenvalue weighted by Crippen LogP contribution is 2.38. The lowest BCUT2D eigenvalue weighted by Gasteiger charge is -1.97. The molecule has 0 spiro atoms. The summed E-state index contributed by atoms with van der Waals surface area (Å²) in [6.07, 6.45) is 1.93. The lowest BCUT2D eigenvalue weighted by molar-refractivity contribution is 0.352. The van der Waals surface area contributed by atoms with Gasteiger partial charge < -0.3 is 4.52 Å². The minimum Gasteiger partial charge on any atom is -0.347 e. The van der Waals surface area contributed by atoms with E-state index in [0.29, 0.717) is 16.5 Å². The van der Waals surface area contributed by atoms with Crippen molar-refractivity contribution in [2.75, 3.05) is 6.26 Å². The van der Waals surface area contributed by atoms with Crippen molar-refractivity contribution in [3.05, 3.63) is 60.7 Å². The first kappa shape index (κ1) is 13.6. The number of hydrogen-bond donors (Lipinski definition) is 0. The summed E-state index contributed by atoms with van der Waals surface area (Å²) in [5, 5.41) is 13.4. The molecule has 2 aromatic carbocycles. The Morgan fingerprint density at radius 1 is 0.905 bits per heavy atom. The Kier molecular flexibility index (Phi) is 4.12. The Morgan fingerprint density at radius 3 is 2.24 bits per heavy atom. The normalized spacial score (nSPS) is 11.1. The van der Waals surface area contributed by atoms with Gasteiger partial charge in [0.15, 0.2) is 5.69 Å². The molecule has 0 saturated carbocycles. The Balaban J connectivity index is 2.01. The van der Waals surface area contributed by atoms with Crippen molar-refractivity contribution in [1.29, 1.82) is 0 Å². The van der Waals surface area contributed by atoms with E-state index >= 15 is 0 Å². The predicted molar refractivity (Wildman–Crippen MR) is 84.3 cm³/mol. The number of nitrogens with zero attached hydrogens (tertiary/aromatic N) is 3. The molecule has 4 nitrogen and oxygen atoms in total. The number of benzene rings is 2. The molecule has 0 saturated heterocycles. The molecule has 0 amide bonds. The summed E-state index contributed by atoms with van der Waals surface area (Å²) in [7, 11) is 0. The van der Waals surface area contributed by atoms with E-state index in [9.17, 15) is 0 Å². The number of hydrogen-bond acceptors (Lipinski definition) is 5. The Morgan fingerprint density at radius 2 is 1.57 bits per heavy atom. The molecule has 1 aromatic heterocycles. The fraction of sp³-hybridized carbons (Fsp3) is 0.0625. The Bertz CT molecular complexity index is 739. The molecule has 1 heterocycles. The van der Waals surface area contributed by atoms with E-state index in [0.717, 1.165) is 11.3 Å². The van der Waals surface area contributed by atoms with Crippen molar-refractivity contribution >= 4 is 23.1 Å². The van der Waals surface area contributed by atoms with Gasteiger partial charge in [0.2, 0.25) is 5.09 Å². The third-order valence-electron chi connectivity index (χ3n) is 2.89. The van der Waals surface area contributed by atoms with E-state index in [1.54, 1.807) is 0 Å². The molecule has 3 rings (SSSR count). The molecule has 5 heteroatoms. The van der Waals surface area contributed by atoms with Crippen molar-refractivity contribution in [1.82, 2.24) is 5.16 Å². The van der Waals surface area contributed by atoms with Gasteiger partial charge >= 0.3 is 0 Å². The highest BCUT2D eigenvalue weighted by Gasteiger charge is 2.16. The van der Waals surface area contributed by atoms with Crippen molar-refractivity contribution in [3.63, 3.8) is 0 Å². The van der Waals surface area contributed by atoms with Crippen LogP contribution < -0.4 is 0 Å². The smallest absolute Gasteiger partial charge is 0.221 e. The van der Waals surface area contributed by atoms with E-state index in [-0.39, 0.29) is 0 Å². The summed E-state index contributed by atoms with van der Waals surface area (Å²) in [6.45, 7) is 0. The number of thioether (sulfide) groups is 1. The first-order chi connectivity index (χ1) is 10.4. The maximum atomic E-state index is 5.35. The molecular weight excluding hydrogens is 282 g/mol. The second-order valence-electron chi connectivity index (χ2n) is 4.27. The van der Waals surface area contributed by atoms with Crippen molar-refractivity contribution in [3.8, 4) is 11.3 Å². The highest BCUT2D eigenvalue weighted by atomic mass is 32.2. The fourth-order valence-corrected chi connectivity index (χ4v) is 2.32. The van der Waals surface area contributed by atoms with E-state index in [4.69, 9.17) is 4.52 Å². The van der Waals surface area contributed by atoms with Crippen LogP contribution in [0, 0.1) is 0 Å². The second kappa shape index (κ2) is 6.37. The first-order valence-corrected chi connectivity index (χ1v) is 7.67. The minimum atomic E-state index is 0.661. The van der Waals surface area contributed by atoms with Crippen LogP contribution in [0.5, 0.6) is 0 Å². The number of aromatic nitrogens is 1. The van der Waals surface area contributed by atoms with Crippen LogP contribution in [0.4, 0.5) is 11.4 Å². The molecule has 0 aliphatic heterocycles. The Labute approximate surface area is 126 Å². The highest BCUT2D eigenvalue weighted by molar-refractivity contribution is 7.98. The molecule has 0 N–H and O–H groups in total. The zero-order valence-corrected chi connectivity index (χ0v) is 12.2. The molecule has 0 unspecified atom stereocenters. The molecule has 0 bridgehead atoms. The minimum absolute atomic E-state index is 0.661. The molecule has 0 atom stereocenters. The van der Waals surface area contributed by atoms with Gasteiger partial charge in [-0.2, -0.15) is 5.11 Å². The van der Waals surface area contributed by atoms with Gasteiger partial charge in [0, 0.05) is 5.56 Å². The Hall–Kier alpha value is -2.40. The van der Waals surface area contributed by atoms with E-state index in [1.165, 1.54) is 11.8 Å². The summed E-state index contributed by atoms with van der Waals surface area (Å²) >= 11 is 1.46. The van der Waals surface area contributed by atoms with Gasteiger partial charge in [-0.1, -0.05) is 65.4 Å². The third-order valence-corrected chi connectivity index (χ3v) is 3.53. The van der Waals surface area contributed by atoms with Gasteiger partial charge in [0.1, 0.15) is 5.69 Å².